The Morgan fingerprint density at radius 1 is 1.00 bits per heavy atom. The van der Waals surface area contributed by atoms with Crippen LogP contribution in [-0.2, 0) is 0 Å². The number of benzene rings is 1. The van der Waals surface area contributed by atoms with Crippen molar-refractivity contribution in [2.75, 3.05) is 50.1 Å². The van der Waals surface area contributed by atoms with E-state index < -0.39 is 0 Å². The summed E-state index contributed by atoms with van der Waals surface area (Å²) < 4.78 is 0. The van der Waals surface area contributed by atoms with Crippen LogP contribution in [0.15, 0.2) is 30.6 Å². The topological polar surface area (TPSA) is 35.5 Å². The summed E-state index contributed by atoms with van der Waals surface area (Å²) in [6.07, 6.45) is 3.81. The molecule has 0 radical (unpaired) electrons. The fraction of sp³-hybridized carbons (Fsp3) is 0.524. The standard InChI is InChI=1S/C20H29N5.CH4/c1-15(2)24-8-10-25(11-9-24)20-14-21-18(13-22-20)17-6-7-19(23(4)5)16(3)12-17;/h6-7,12-15H,8-11H2,1-5H3;1H4. The predicted molar refractivity (Wildman–Crippen MR) is 112 cm³/mol. The maximum absolute atomic E-state index is 4.67. The molecule has 0 amide bonds. The molecular weight excluding hydrogens is 322 g/mol. The number of rotatable bonds is 4. The van der Waals surface area contributed by atoms with Crippen LogP contribution in [0.2, 0.25) is 0 Å². The van der Waals surface area contributed by atoms with Gasteiger partial charge in [-0.15, -0.1) is 0 Å². The van der Waals surface area contributed by atoms with E-state index in [2.05, 4.69) is 77.7 Å². The van der Waals surface area contributed by atoms with E-state index in [0.717, 1.165) is 43.3 Å². The van der Waals surface area contributed by atoms with E-state index >= 15 is 0 Å². The highest BCUT2D eigenvalue weighted by molar-refractivity contribution is 5.66. The van der Waals surface area contributed by atoms with Crippen LogP contribution >= 0.6 is 0 Å². The monoisotopic (exact) mass is 355 g/mol. The summed E-state index contributed by atoms with van der Waals surface area (Å²) in [5.74, 6) is 0.980. The van der Waals surface area contributed by atoms with Crippen molar-refractivity contribution < 1.29 is 0 Å². The number of piperazine rings is 1. The van der Waals surface area contributed by atoms with E-state index in [1.807, 2.05) is 12.4 Å². The molecule has 2 heterocycles. The van der Waals surface area contributed by atoms with E-state index in [1.165, 1.54) is 11.3 Å². The van der Waals surface area contributed by atoms with Gasteiger partial charge in [-0.2, -0.15) is 0 Å². The van der Waals surface area contributed by atoms with Crippen LogP contribution in [0.5, 0.6) is 0 Å². The molecule has 0 unspecified atom stereocenters. The summed E-state index contributed by atoms with van der Waals surface area (Å²) in [6.45, 7) is 10.9. The summed E-state index contributed by atoms with van der Waals surface area (Å²) in [6, 6.07) is 7.06. The summed E-state index contributed by atoms with van der Waals surface area (Å²) in [7, 11) is 4.13. The first-order valence-corrected chi connectivity index (χ1v) is 9.05. The molecule has 1 aliphatic heterocycles. The van der Waals surface area contributed by atoms with Crippen molar-refractivity contribution in [3.8, 4) is 11.3 Å². The molecule has 0 spiro atoms. The Kier molecular flexibility index (Phi) is 6.59. The largest absolute Gasteiger partial charge is 0.377 e. The van der Waals surface area contributed by atoms with Gasteiger partial charge in [0.1, 0.15) is 5.82 Å². The smallest absolute Gasteiger partial charge is 0.147 e. The third kappa shape index (κ3) is 4.33. The SMILES string of the molecule is C.Cc1cc(-c2cnc(N3CCN(C(C)C)CC3)cn2)ccc1N(C)C. The van der Waals surface area contributed by atoms with Crippen LogP contribution in [0.25, 0.3) is 11.3 Å². The maximum atomic E-state index is 4.67. The molecule has 1 fully saturated rings. The lowest BCUT2D eigenvalue weighted by atomic mass is 10.1. The zero-order chi connectivity index (χ0) is 18.0. The molecule has 3 rings (SSSR count). The van der Waals surface area contributed by atoms with Crippen molar-refractivity contribution in [1.82, 2.24) is 14.9 Å². The third-order valence-electron chi connectivity index (χ3n) is 4.98. The number of hydrogen-bond acceptors (Lipinski definition) is 5. The van der Waals surface area contributed by atoms with Crippen LogP contribution in [-0.4, -0.2) is 61.2 Å². The number of aryl methyl sites for hydroxylation is 1. The Morgan fingerprint density at radius 3 is 2.19 bits per heavy atom. The molecule has 0 aliphatic carbocycles. The molecule has 0 atom stereocenters. The minimum Gasteiger partial charge on any atom is -0.377 e. The van der Waals surface area contributed by atoms with Crippen molar-refractivity contribution in [2.24, 2.45) is 0 Å². The Labute approximate surface area is 158 Å². The second-order valence-electron chi connectivity index (χ2n) is 7.27. The zero-order valence-corrected chi connectivity index (χ0v) is 16.0. The highest BCUT2D eigenvalue weighted by Crippen LogP contribution is 2.25. The summed E-state index contributed by atoms with van der Waals surface area (Å²) in [5.41, 5.74) is 4.53. The van der Waals surface area contributed by atoms with Gasteiger partial charge in [0, 0.05) is 57.6 Å². The van der Waals surface area contributed by atoms with Gasteiger partial charge >= 0.3 is 0 Å². The quantitative estimate of drug-likeness (QED) is 0.836. The molecule has 5 nitrogen and oxygen atoms in total. The number of aromatic nitrogens is 2. The minimum absolute atomic E-state index is 0. The highest BCUT2D eigenvalue weighted by atomic mass is 15.3. The van der Waals surface area contributed by atoms with Crippen LogP contribution in [0.4, 0.5) is 11.5 Å². The number of hydrogen-bond donors (Lipinski definition) is 0. The molecule has 1 aliphatic rings. The summed E-state index contributed by atoms with van der Waals surface area (Å²) >= 11 is 0. The average molecular weight is 356 g/mol. The lowest BCUT2D eigenvalue weighted by Crippen LogP contribution is -2.49. The van der Waals surface area contributed by atoms with Crippen molar-refractivity contribution in [3.63, 3.8) is 0 Å². The van der Waals surface area contributed by atoms with Crippen molar-refractivity contribution in [1.29, 1.82) is 0 Å². The molecule has 0 N–H and O–H groups in total. The molecule has 1 aromatic carbocycles. The van der Waals surface area contributed by atoms with Gasteiger partial charge in [-0.3, -0.25) is 9.88 Å². The number of anilines is 2. The molecule has 2 aromatic rings. The second-order valence-corrected chi connectivity index (χ2v) is 7.27. The van der Waals surface area contributed by atoms with Crippen LogP contribution in [0.1, 0.15) is 26.8 Å². The van der Waals surface area contributed by atoms with Gasteiger partial charge in [0.25, 0.3) is 0 Å². The molecule has 0 bridgehead atoms. The van der Waals surface area contributed by atoms with Crippen LogP contribution in [0, 0.1) is 6.92 Å². The first kappa shape index (κ1) is 20.2. The van der Waals surface area contributed by atoms with E-state index in [9.17, 15) is 0 Å². The van der Waals surface area contributed by atoms with Gasteiger partial charge in [0.15, 0.2) is 0 Å². The van der Waals surface area contributed by atoms with Crippen LogP contribution in [0.3, 0.4) is 0 Å². The minimum atomic E-state index is 0. The fourth-order valence-corrected chi connectivity index (χ4v) is 3.42. The zero-order valence-electron chi connectivity index (χ0n) is 16.0. The predicted octanol–water partition coefficient (Wildman–Crippen LogP) is 3.68. The van der Waals surface area contributed by atoms with Gasteiger partial charge < -0.3 is 9.80 Å². The van der Waals surface area contributed by atoms with Gasteiger partial charge in [0.05, 0.1) is 18.1 Å². The van der Waals surface area contributed by atoms with E-state index in [1.54, 1.807) is 0 Å². The second kappa shape index (κ2) is 8.49. The molecule has 1 aromatic heterocycles. The Balaban J connectivity index is 0.00000243. The number of nitrogens with zero attached hydrogens (tertiary/aromatic N) is 5. The van der Waals surface area contributed by atoms with Crippen LogP contribution < -0.4 is 9.80 Å². The van der Waals surface area contributed by atoms with E-state index in [-0.39, 0.29) is 7.43 Å². The lowest BCUT2D eigenvalue weighted by molar-refractivity contribution is 0.209. The molecule has 1 saturated heterocycles. The molecule has 26 heavy (non-hydrogen) atoms. The van der Waals surface area contributed by atoms with E-state index in [0.29, 0.717) is 6.04 Å². The molecule has 5 heteroatoms. The Hall–Kier alpha value is -2.14. The fourth-order valence-electron chi connectivity index (χ4n) is 3.42. The van der Waals surface area contributed by atoms with E-state index in [4.69, 9.17) is 0 Å². The maximum Gasteiger partial charge on any atom is 0.147 e. The van der Waals surface area contributed by atoms with Crippen molar-refractivity contribution in [3.05, 3.63) is 36.2 Å². The first-order chi connectivity index (χ1) is 12.0. The van der Waals surface area contributed by atoms with Gasteiger partial charge in [-0.1, -0.05) is 13.5 Å². The van der Waals surface area contributed by atoms with Gasteiger partial charge in [-0.25, -0.2) is 4.98 Å². The average Bonchev–Trinajstić information content (AvgIpc) is 2.61. The molecule has 142 valence electrons. The Bertz CT molecular complexity index is 701. The van der Waals surface area contributed by atoms with Gasteiger partial charge in [0.2, 0.25) is 0 Å². The molecule has 0 saturated carbocycles. The summed E-state index contributed by atoms with van der Waals surface area (Å²) in [4.78, 5) is 16.3. The lowest BCUT2D eigenvalue weighted by Gasteiger charge is -2.37. The Morgan fingerprint density at radius 2 is 1.69 bits per heavy atom. The van der Waals surface area contributed by atoms with Gasteiger partial charge in [-0.05, 0) is 38.5 Å². The summed E-state index contributed by atoms with van der Waals surface area (Å²) in [5, 5.41) is 0. The molecular formula is C21H33N5. The normalized spacial score (nSPS) is 15.1. The highest BCUT2D eigenvalue weighted by Gasteiger charge is 2.19. The van der Waals surface area contributed by atoms with Crippen molar-refractivity contribution >= 4 is 11.5 Å². The first-order valence-electron chi connectivity index (χ1n) is 9.05. The third-order valence-corrected chi connectivity index (χ3v) is 4.98. The van der Waals surface area contributed by atoms with Crippen molar-refractivity contribution in [2.45, 2.75) is 34.2 Å².